The number of benzene rings is 1. The predicted molar refractivity (Wildman–Crippen MR) is 66.8 cm³/mol. The van der Waals surface area contributed by atoms with Crippen LogP contribution in [0.15, 0.2) is 18.2 Å². The number of ether oxygens (including phenoxy) is 2. The Hall–Kier alpha value is -1.22. The molecule has 0 radical (unpaired) electrons. The van der Waals surface area contributed by atoms with E-state index >= 15 is 0 Å². The summed E-state index contributed by atoms with van der Waals surface area (Å²) in [5.74, 6) is 3.15. The Bertz CT molecular complexity index is 419. The quantitative estimate of drug-likeness (QED) is 0.849. The second-order valence-electron chi connectivity index (χ2n) is 5.00. The zero-order valence-corrected chi connectivity index (χ0v) is 10.4. The normalized spacial score (nSPS) is 30.8. The lowest BCUT2D eigenvalue weighted by molar-refractivity contribution is 0.168. The van der Waals surface area contributed by atoms with E-state index < -0.39 is 0 Å². The molecular weight excluding hydrogens is 214 g/mol. The summed E-state index contributed by atoms with van der Waals surface area (Å²) in [5.41, 5.74) is 1.38. The van der Waals surface area contributed by atoms with E-state index in [0.29, 0.717) is 31.1 Å². The standard InChI is InChI=1S/C14H19NO2/c1-9-11(8-12(9)15-2)10-3-4-13-14(7-10)17-6-5-16-13/h3-4,7,9,11-12,15H,5-6,8H2,1-2H3. The molecule has 1 aromatic rings. The Morgan fingerprint density at radius 1 is 1.18 bits per heavy atom. The molecule has 1 N–H and O–H groups in total. The van der Waals surface area contributed by atoms with Crippen molar-refractivity contribution in [2.75, 3.05) is 20.3 Å². The van der Waals surface area contributed by atoms with E-state index in [4.69, 9.17) is 9.47 Å². The number of hydrogen-bond donors (Lipinski definition) is 1. The van der Waals surface area contributed by atoms with Crippen molar-refractivity contribution in [2.24, 2.45) is 5.92 Å². The molecule has 0 saturated heterocycles. The van der Waals surface area contributed by atoms with Crippen molar-refractivity contribution in [3.8, 4) is 11.5 Å². The van der Waals surface area contributed by atoms with Crippen molar-refractivity contribution < 1.29 is 9.47 Å². The van der Waals surface area contributed by atoms with Gasteiger partial charge in [-0.15, -0.1) is 0 Å². The van der Waals surface area contributed by atoms with Crippen molar-refractivity contribution in [3.63, 3.8) is 0 Å². The summed E-state index contributed by atoms with van der Waals surface area (Å²) < 4.78 is 11.2. The van der Waals surface area contributed by atoms with Gasteiger partial charge < -0.3 is 14.8 Å². The van der Waals surface area contributed by atoms with E-state index in [2.05, 4.69) is 24.4 Å². The summed E-state index contributed by atoms with van der Waals surface area (Å²) in [6.45, 7) is 3.63. The van der Waals surface area contributed by atoms with Crippen molar-refractivity contribution in [3.05, 3.63) is 23.8 Å². The molecule has 92 valence electrons. The van der Waals surface area contributed by atoms with Gasteiger partial charge in [0.15, 0.2) is 11.5 Å². The summed E-state index contributed by atoms with van der Waals surface area (Å²) in [6.07, 6.45) is 1.22. The minimum absolute atomic E-state index is 0.656. The van der Waals surface area contributed by atoms with Crippen LogP contribution >= 0.6 is 0 Å². The Morgan fingerprint density at radius 2 is 1.94 bits per heavy atom. The van der Waals surface area contributed by atoms with Crippen molar-refractivity contribution in [1.29, 1.82) is 0 Å². The molecule has 3 nitrogen and oxygen atoms in total. The van der Waals surface area contributed by atoms with Crippen LogP contribution in [-0.4, -0.2) is 26.3 Å². The van der Waals surface area contributed by atoms with Gasteiger partial charge in [0.1, 0.15) is 13.2 Å². The lowest BCUT2D eigenvalue weighted by Crippen LogP contribution is -2.46. The molecule has 0 amide bonds. The van der Waals surface area contributed by atoms with E-state index in [1.807, 2.05) is 13.1 Å². The van der Waals surface area contributed by atoms with Crippen LogP contribution in [0.1, 0.15) is 24.8 Å². The molecule has 0 aromatic heterocycles. The third-order valence-corrected chi connectivity index (χ3v) is 4.14. The second kappa shape index (κ2) is 4.22. The molecule has 2 aliphatic rings. The van der Waals surface area contributed by atoms with Gasteiger partial charge in [-0.3, -0.25) is 0 Å². The average Bonchev–Trinajstić information content (AvgIpc) is 2.37. The van der Waals surface area contributed by atoms with Gasteiger partial charge in [-0.25, -0.2) is 0 Å². The molecule has 3 rings (SSSR count). The largest absolute Gasteiger partial charge is 0.486 e. The SMILES string of the molecule is CNC1CC(c2ccc3c(c2)OCCO3)C1C. The lowest BCUT2D eigenvalue weighted by atomic mass is 9.67. The predicted octanol–water partition coefficient (Wildman–Crippen LogP) is 2.17. The molecule has 0 bridgehead atoms. The molecule has 1 heterocycles. The lowest BCUT2D eigenvalue weighted by Gasteiger charge is -2.43. The van der Waals surface area contributed by atoms with Crippen LogP contribution in [0.25, 0.3) is 0 Å². The Kier molecular flexibility index (Phi) is 2.71. The van der Waals surface area contributed by atoms with E-state index in [1.54, 1.807) is 0 Å². The van der Waals surface area contributed by atoms with Gasteiger partial charge in [0.2, 0.25) is 0 Å². The van der Waals surface area contributed by atoms with Crippen LogP contribution in [0.4, 0.5) is 0 Å². The van der Waals surface area contributed by atoms with E-state index in [1.165, 1.54) is 12.0 Å². The van der Waals surface area contributed by atoms with E-state index in [9.17, 15) is 0 Å². The first-order chi connectivity index (χ1) is 8.29. The van der Waals surface area contributed by atoms with Gasteiger partial charge >= 0.3 is 0 Å². The second-order valence-corrected chi connectivity index (χ2v) is 5.00. The number of rotatable bonds is 2. The maximum Gasteiger partial charge on any atom is 0.161 e. The molecule has 1 fully saturated rings. The molecule has 0 spiro atoms. The van der Waals surface area contributed by atoms with Crippen LogP contribution in [0, 0.1) is 5.92 Å². The van der Waals surface area contributed by atoms with Crippen molar-refractivity contribution >= 4 is 0 Å². The summed E-state index contributed by atoms with van der Waals surface area (Å²) in [5, 5.41) is 3.36. The summed E-state index contributed by atoms with van der Waals surface area (Å²) in [7, 11) is 2.04. The maximum atomic E-state index is 5.63. The molecule has 1 aromatic carbocycles. The number of nitrogens with one attached hydrogen (secondary N) is 1. The van der Waals surface area contributed by atoms with Crippen LogP contribution in [0.3, 0.4) is 0 Å². The maximum absolute atomic E-state index is 5.63. The van der Waals surface area contributed by atoms with Crippen molar-refractivity contribution in [2.45, 2.75) is 25.3 Å². The average molecular weight is 233 g/mol. The zero-order chi connectivity index (χ0) is 11.8. The number of fused-ring (bicyclic) bond motifs is 1. The number of hydrogen-bond acceptors (Lipinski definition) is 3. The summed E-state index contributed by atoms with van der Waals surface area (Å²) in [4.78, 5) is 0. The fraction of sp³-hybridized carbons (Fsp3) is 0.571. The molecular formula is C14H19NO2. The summed E-state index contributed by atoms with van der Waals surface area (Å²) in [6, 6.07) is 7.04. The van der Waals surface area contributed by atoms with Crippen LogP contribution < -0.4 is 14.8 Å². The first-order valence-electron chi connectivity index (χ1n) is 6.36. The Morgan fingerprint density at radius 3 is 2.65 bits per heavy atom. The highest BCUT2D eigenvalue weighted by Gasteiger charge is 2.37. The first kappa shape index (κ1) is 10.9. The topological polar surface area (TPSA) is 30.5 Å². The summed E-state index contributed by atoms with van der Waals surface area (Å²) >= 11 is 0. The fourth-order valence-electron chi connectivity index (χ4n) is 2.90. The molecule has 1 saturated carbocycles. The molecule has 1 aliphatic heterocycles. The van der Waals surface area contributed by atoms with Gasteiger partial charge in [-0.2, -0.15) is 0 Å². The first-order valence-corrected chi connectivity index (χ1v) is 6.36. The smallest absolute Gasteiger partial charge is 0.161 e. The third kappa shape index (κ3) is 1.78. The fourth-order valence-corrected chi connectivity index (χ4v) is 2.90. The highest BCUT2D eigenvalue weighted by Crippen LogP contribution is 2.44. The molecule has 17 heavy (non-hydrogen) atoms. The Labute approximate surface area is 102 Å². The highest BCUT2D eigenvalue weighted by molar-refractivity contribution is 5.45. The Balaban J connectivity index is 1.80. The monoisotopic (exact) mass is 233 g/mol. The minimum Gasteiger partial charge on any atom is -0.486 e. The van der Waals surface area contributed by atoms with E-state index in [-0.39, 0.29) is 0 Å². The zero-order valence-electron chi connectivity index (χ0n) is 10.4. The van der Waals surface area contributed by atoms with E-state index in [0.717, 1.165) is 11.5 Å². The molecule has 3 atom stereocenters. The van der Waals surface area contributed by atoms with Crippen LogP contribution in [0.5, 0.6) is 11.5 Å². The van der Waals surface area contributed by atoms with Gasteiger partial charge in [0.05, 0.1) is 0 Å². The van der Waals surface area contributed by atoms with Crippen LogP contribution in [0.2, 0.25) is 0 Å². The molecule has 3 heteroatoms. The minimum atomic E-state index is 0.656. The third-order valence-electron chi connectivity index (χ3n) is 4.14. The highest BCUT2D eigenvalue weighted by atomic mass is 16.6. The van der Waals surface area contributed by atoms with Crippen molar-refractivity contribution in [1.82, 2.24) is 5.32 Å². The molecule has 3 unspecified atom stereocenters. The van der Waals surface area contributed by atoms with Gasteiger partial charge in [-0.1, -0.05) is 13.0 Å². The van der Waals surface area contributed by atoms with Gasteiger partial charge in [0.25, 0.3) is 0 Å². The van der Waals surface area contributed by atoms with Gasteiger partial charge in [-0.05, 0) is 43.0 Å². The van der Waals surface area contributed by atoms with Crippen LogP contribution in [-0.2, 0) is 0 Å². The van der Waals surface area contributed by atoms with Gasteiger partial charge in [0, 0.05) is 6.04 Å². The molecule has 1 aliphatic carbocycles.